The van der Waals surface area contributed by atoms with Gasteiger partial charge in [-0.25, -0.2) is 0 Å². The number of phenolic OH excluding ortho intramolecular Hbond substituents is 1. The van der Waals surface area contributed by atoms with Crippen LogP contribution in [0.25, 0.3) is 0 Å². The third kappa shape index (κ3) is 0.765. The molecule has 4 saturated carbocycles. The van der Waals surface area contributed by atoms with E-state index in [1.165, 1.54) is 25.7 Å². The summed E-state index contributed by atoms with van der Waals surface area (Å²) in [5, 5.41) is 9.75. The van der Waals surface area contributed by atoms with E-state index in [9.17, 15) is 5.11 Å². The first-order valence-corrected chi connectivity index (χ1v) is 7.17. The first-order chi connectivity index (χ1) is 8.76. The third-order valence-corrected chi connectivity index (χ3v) is 6.73. The van der Waals surface area contributed by atoms with Crippen LogP contribution in [0.1, 0.15) is 25.7 Å². The van der Waals surface area contributed by atoms with Gasteiger partial charge in [0.25, 0.3) is 0 Å². The highest BCUT2D eigenvalue weighted by Crippen LogP contribution is 2.92. The van der Waals surface area contributed by atoms with Crippen molar-refractivity contribution in [1.82, 2.24) is 0 Å². The number of para-hydroxylation sites is 2. The Hall–Kier alpha value is -1.18. The summed E-state index contributed by atoms with van der Waals surface area (Å²) in [6.07, 6.45) is 5.75. The van der Waals surface area contributed by atoms with Crippen molar-refractivity contribution in [2.75, 3.05) is 6.61 Å². The molecule has 0 aromatic heterocycles. The Kier molecular flexibility index (Phi) is 1.46. The lowest BCUT2D eigenvalue weighted by molar-refractivity contribution is -0.436. The largest absolute Gasteiger partial charge is 0.504 e. The van der Waals surface area contributed by atoms with E-state index >= 15 is 0 Å². The number of hydrogen-bond donors (Lipinski definition) is 1. The fraction of sp³-hybridized carbons (Fsp3) is 0.625. The monoisotopic (exact) mass is 242 g/mol. The van der Waals surface area contributed by atoms with Crippen molar-refractivity contribution in [2.45, 2.75) is 25.7 Å². The summed E-state index contributed by atoms with van der Waals surface area (Å²) in [6.45, 7) is 0.827. The fourth-order valence-electron chi connectivity index (χ4n) is 6.20. The standard InChI is InChI=1S/C16H18O2/c17-13-3-1-2-4-14(13)18-9-15-7-11-5-10-6-12(8-15)16(10,11)15/h1-4,10-12,17H,5-9H2. The maximum atomic E-state index is 9.75. The Morgan fingerprint density at radius 1 is 1.11 bits per heavy atom. The SMILES string of the molecule is Oc1ccccc1OCC12CC3CC4CC(C1)C432. The summed E-state index contributed by atoms with van der Waals surface area (Å²) < 4.78 is 5.93. The van der Waals surface area contributed by atoms with E-state index < -0.39 is 0 Å². The van der Waals surface area contributed by atoms with Gasteiger partial charge >= 0.3 is 0 Å². The van der Waals surface area contributed by atoms with E-state index in [1.807, 2.05) is 18.2 Å². The molecule has 18 heavy (non-hydrogen) atoms. The molecule has 0 heterocycles. The molecule has 0 bridgehead atoms. The third-order valence-electron chi connectivity index (χ3n) is 6.73. The molecule has 94 valence electrons. The van der Waals surface area contributed by atoms with E-state index in [-0.39, 0.29) is 5.75 Å². The second kappa shape index (κ2) is 2.71. The lowest BCUT2D eigenvalue weighted by Crippen LogP contribution is -2.86. The van der Waals surface area contributed by atoms with Gasteiger partial charge in [0.1, 0.15) is 0 Å². The van der Waals surface area contributed by atoms with Gasteiger partial charge in [-0.3, -0.25) is 0 Å². The Bertz CT molecular complexity index is 510. The Labute approximate surface area is 107 Å². The van der Waals surface area contributed by atoms with Gasteiger partial charge in [-0.05, 0) is 61.0 Å². The van der Waals surface area contributed by atoms with Crippen LogP contribution in [0, 0.1) is 28.6 Å². The second-order valence-corrected chi connectivity index (χ2v) is 6.94. The van der Waals surface area contributed by atoms with Crippen LogP contribution in [-0.2, 0) is 0 Å². The van der Waals surface area contributed by atoms with Gasteiger partial charge in [0.05, 0.1) is 6.61 Å². The van der Waals surface area contributed by atoms with Crippen molar-refractivity contribution < 1.29 is 9.84 Å². The zero-order chi connectivity index (χ0) is 12.0. The molecule has 4 fully saturated rings. The Morgan fingerprint density at radius 2 is 1.83 bits per heavy atom. The van der Waals surface area contributed by atoms with Crippen molar-refractivity contribution in [3.63, 3.8) is 0 Å². The highest BCUT2D eigenvalue weighted by Gasteiger charge is 2.87. The van der Waals surface area contributed by atoms with Crippen molar-refractivity contribution >= 4 is 0 Å². The molecule has 1 aromatic carbocycles. The number of rotatable bonds is 3. The minimum atomic E-state index is 0.275. The Balaban J connectivity index is 1.36. The minimum Gasteiger partial charge on any atom is -0.504 e. The van der Waals surface area contributed by atoms with Crippen LogP contribution >= 0.6 is 0 Å². The number of phenols is 1. The van der Waals surface area contributed by atoms with Crippen LogP contribution in [0.4, 0.5) is 0 Å². The molecule has 0 saturated heterocycles. The van der Waals surface area contributed by atoms with Gasteiger partial charge in [-0.1, -0.05) is 12.1 Å². The molecule has 4 aliphatic rings. The normalized spacial score (nSPS) is 49.7. The van der Waals surface area contributed by atoms with Crippen molar-refractivity contribution in [3.05, 3.63) is 24.3 Å². The van der Waals surface area contributed by atoms with Gasteiger partial charge < -0.3 is 9.84 Å². The van der Waals surface area contributed by atoms with Crippen molar-refractivity contribution in [1.29, 1.82) is 0 Å². The second-order valence-electron chi connectivity index (χ2n) is 6.94. The fourth-order valence-corrected chi connectivity index (χ4v) is 6.20. The van der Waals surface area contributed by atoms with Crippen LogP contribution in [0.2, 0.25) is 0 Å². The summed E-state index contributed by atoms with van der Waals surface area (Å²) in [5.74, 6) is 4.02. The van der Waals surface area contributed by atoms with Crippen LogP contribution in [0.5, 0.6) is 11.5 Å². The maximum absolute atomic E-state index is 9.75. The summed E-state index contributed by atoms with van der Waals surface area (Å²) in [6, 6.07) is 7.34. The first kappa shape index (κ1) is 9.71. The lowest BCUT2D eigenvalue weighted by Gasteiger charge is -2.91. The summed E-state index contributed by atoms with van der Waals surface area (Å²) in [5.41, 5.74) is 1.21. The highest BCUT2D eigenvalue weighted by atomic mass is 16.5. The molecule has 1 aromatic rings. The quantitative estimate of drug-likeness (QED) is 0.882. The highest BCUT2D eigenvalue weighted by molar-refractivity contribution is 5.39. The molecular formula is C16H18O2. The van der Waals surface area contributed by atoms with Crippen LogP contribution in [0.15, 0.2) is 24.3 Å². The van der Waals surface area contributed by atoms with Gasteiger partial charge in [0.15, 0.2) is 11.5 Å². The smallest absolute Gasteiger partial charge is 0.160 e. The average molecular weight is 242 g/mol. The summed E-state index contributed by atoms with van der Waals surface area (Å²) >= 11 is 0. The lowest BCUT2D eigenvalue weighted by atomic mass is 9.13. The number of aromatic hydroxyl groups is 1. The van der Waals surface area contributed by atoms with Gasteiger partial charge in [-0.15, -0.1) is 0 Å². The zero-order valence-corrected chi connectivity index (χ0v) is 10.4. The molecule has 0 aliphatic heterocycles. The van der Waals surface area contributed by atoms with Crippen LogP contribution in [-0.4, -0.2) is 11.7 Å². The van der Waals surface area contributed by atoms with Gasteiger partial charge in [0, 0.05) is 5.41 Å². The predicted octanol–water partition coefficient (Wildman–Crippen LogP) is 3.21. The molecule has 0 amide bonds. The van der Waals surface area contributed by atoms with Crippen molar-refractivity contribution in [3.8, 4) is 11.5 Å². The van der Waals surface area contributed by atoms with E-state index in [4.69, 9.17) is 4.74 Å². The molecule has 1 spiro atoms. The minimum absolute atomic E-state index is 0.275. The topological polar surface area (TPSA) is 29.5 Å². The molecule has 2 unspecified atom stereocenters. The predicted molar refractivity (Wildman–Crippen MR) is 67.4 cm³/mol. The van der Waals surface area contributed by atoms with Gasteiger partial charge in [0.2, 0.25) is 0 Å². The number of benzene rings is 1. The van der Waals surface area contributed by atoms with Gasteiger partial charge in [-0.2, -0.15) is 0 Å². The molecule has 1 N–H and O–H groups in total. The summed E-state index contributed by atoms with van der Waals surface area (Å²) in [4.78, 5) is 0. The molecule has 5 rings (SSSR count). The average Bonchev–Trinajstić information content (AvgIpc) is 2.26. The van der Waals surface area contributed by atoms with Crippen LogP contribution < -0.4 is 4.74 Å². The number of ether oxygens (including phenoxy) is 1. The molecule has 2 heteroatoms. The molecular weight excluding hydrogens is 224 g/mol. The van der Waals surface area contributed by atoms with Crippen molar-refractivity contribution in [2.24, 2.45) is 28.6 Å². The van der Waals surface area contributed by atoms with E-state index in [1.54, 1.807) is 6.07 Å². The first-order valence-electron chi connectivity index (χ1n) is 7.17. The molecule has 4 aliphatic carbocycles. The molecule has 0 radical (unpaired) electrons. The maximum Gasteiger partial charge on any atom is 0.160 e. The van der Waals surface area contributed by atoms with Crippen LogP contribution in [0.3, 0.4) is 0 Å². The van der Waals surface area contributed by atoms with E-state index in [0.717, 1.165) is 29.8 Å². The van der Waals surface area contributed by atoms with E-state index in [2.05, 4.69) is 0 Å². The zero-order valence-electron chi connectivity index (χ0n) is 10.4. The summed E-state index contributed by atoms with van der Waals surface area (Å²) in [7, 11) is 0. The van der Waals surface area contributed by atoms with E-state index in [0.29, 0.717) is 11.2 Å². The molecule has 2 atom stereocenters. The Morgan fingerprint density at radius 3 is 2.44 bits per heavy atom. The molecule has 2 nitrogen and oxygen atoms in total. The number of hydrogen-bond acceptors (Lipinski definition) is 2.